The molecular formula is C20H21N3O6. The monoisotopic (exact) mass is 399 g/mol. The summed E-state index contributed by atoms with van der Waals surface area (Å²) in [5.74, 6) is -1.18. The number of non-ortho nitro benzene ring substituents is 1. The van der Waals surface area contributed by atoms with Crippen LogP contribution >= 0.6 is 0 Å². The van der Waals surface area contributed by atoms with Crippen LogP contribution in [-0.2, 0) is 14.3 Å². The molecule has 9 heteroatoms. The Morgan fingerprint density at radius 1 is 1.17 bits per heavy atom. The number of carbonyl (C=O) groups excluding carboxylic acids is 2. The number of morpholine rings is 1. The Labute approximate surface area is 167 Å². The van der Waals surface area contributed by atoms with Crippen molar-refractivity contribution in [2.24, 2.45) is 0 Å². The van der Waals surface area contributed by atoms with E-state index in [0.717, 1.165) is 6.07 Å². The highest BCUT2D eigenvalue weighted by Crippen LogP contribution is 2.27. The zero-order valence-corrected chi connectivity index (χ0v) is 15.9. The van der Waals surface area contributed by atoms with Crippen LogP contribution < -0.4 is 5.32 Å². The molecule has 0 aromatic heterocycles. The normalized spacial score (nSPS) is 14.7. The molecule has 1 aliphatic rings. The minimum atomic E-state index is -1.16. The Kier molecular flexibility index (Phi) is 6.40. The van der Waals surface area contributed by atoms with Crippen LogP contribution in [0.1, 0.15) is 22.0 Å². The lowest BCUT2D eigenvalue weighted by atomic mass is 10.1. The second kappa shape index (κ2) is 9.16. The van der Waals surface area contributed by atoms with Crippen molar-refractivity contribution in [3.8, 4) is 0 Å². The van der Waals surface area contributed by atoms with E-state index in [4.69, 9.17) is 9.47 Å². The van der Waals surface area contributed by atoms with Gasteiger partial charge in [-0.05, 0) is 6.07 Å². The van der Waals surface area contributed by atoms with Crippen LogP contribution in [0.4, 0.5) is 11.4 Å². The number of amides is 1. The number of rotatable bonds is 6. The zero-order valence-electron chi connectivity index (χ0n) is 15.9. The van der Waals surface area contributed by atoms with Gasteiger partial charge in [-0.25, -0.2) is 4.79 Å². The van der Waals surface area contributed by atoms with E-state index in [1.165, 1.54) is 12.1 Å². The molecule has 1 amide bonds. The topological polar surface area (TPSA) is 111 Å². The van der Waals surface area contributed by atoms with Gasteiger partial charge in [0.25, 0.3) is 11.6 Å². The predicted molar refractivity (Wildman–Crippen MR) is 105 cm³/mol. The molecule has 152 valence electrons. The number of nitrogens with one attached hydrogen (secondary N) is 1. The number of nitro benzene ring substituents is 1. The average Bonchev–Trinajstić information content (AvgIpc) is 2.77. The van der Waals surface area contributed by atoms with E-state index in [-0.39, 0.29) is 17.2 Å². The third kappa shape index (κ3) is 4.69. The number of anilines is 1. The fourth-order valence-corrected chi connectivity index (χ4v) is 3.04. The Morgan fingerprint density at radius 2 is 1.86 bits per heavy atom. The van der Waals surface area contributed by atoms with Crippen molar-refractivity contribution in [1.29, 1.82) is 0 Å². The van der Waals surface area contributed by atoms with Gasteiger partial charge >= 0.3 is 5.97 Å². The summed E-state index contributed by atoms with van der Waals surface area (Å²) in [7, 11) is 1.59. The molecule has 1 heterocycles. The maximum atomic E-state index is 13.1. The quantitative estimate of drug-likeness (QED) is 0.451. The Bertz CT molecular complexity index is 896. The lowest BCUT2D eigenvalue weighted by Gasteiger charge is -2.30. The number of esters is 1. The maximum Gasteiger partial charge on any atom is 0.341 e. The molecule has 1 fully saturated rings. The van der Waals surface area contributed by atoms with Gasteiger partial charge in [0.1, 0.15) is 0 Å². The van der Waals surface area contributed by atoms with Crippen molar-refractivity contribution in [2.45, 2.75) is 6.10 Å². The third-order valence-electron chi connectivity index (χ3n) is 4.58. The summed E-state index contributed by atoms with van der Waals surface area (Å²) in [5.41, 5.74) is 0.629. The second-order valence-corrected chi connectivity index (χ2v) is 6.37. The van der Waals surface area contributed by atoms with Crippen LogP contribution in [0.15, 0.2) is 48.5 Å². The molecule has 0 unspecified atom stereocenters. The van der Waals surface area contributed by atoms with Crippen LogP contribution in [0, 0.1) is 10.1 Å². The first-order valence-electron chi connectivity index (χ1n) is 9.10. The molecule has 1 aliphatic heterocycles. The van der Waals surface area contributed by atoms with Crippen LogP contribution in [0.25, 0.3) is 0 Å². The minimum absolute atomic E-state index is 0.0163. The number of hydrogen-bond acceptors (Lipinski definition) is 7. The van der Waals surface area contributed by atoms with Gasteiger partial charge in [0.2, 0.25) is 6.10 Å². The highest BCUT2D eigenvalue weighted by atomic mass is 16.6. The molecule has 1 N–H and O–H groups in total. The highest BCUT2D eigenvalue weighted by molar-refractivity contribution is 5.98. The lowest BCUT2D eigenvalue weighted by Crippen LogP contribution is -2.44. The van der Waals surface area contributed by atoms with E-state index in [1.807, 2.05) is 0 Å². The Hall–Kier alpha value is -3.46. The molecule has 1 saturated heterocycles. The molecule has 0 radical (unpaired) electrons. The minimum Gasteiger partial charge on any atom is -0.444 e. The fraction of sp³-hybridized carbons (Fsp3) is 0.300. The molecule has 9 nitrogen and oxygen atoms in total. The standard InChI is InChI=1S/C20H21N3O6/c1-21-17-8-7-15(23(26)27)13-16(17)20(25)29-18(14-5-3-2-4-6-14)19(24)22-9-11-28-12-10-22/h2-8,13,18,21H,9-12H2,1H3/t18-/m0/s1. The Balaban J connectivity index is 1.91. The van der Waals surface area contributed by atoms with Gasteiger partial charge in [-0.2, -0.15) is 0 Å². The highest BCUT2D eigenvalue weighted by Gasteiger charge is 2.31. The molecule has 1 atom stereocenters. The van der Waals surface area contributed by atoms with E-state index in [1.54, 1.807) is 42.3 Å². The molecule has 0 saturated carbocycles. The number of carbonyl (C=O) groups is 2. The smallest absolute Gasteiger partial charge is 0.341 e. The predicted octanol–water partition coefficient (Wildman–Crippen LogP) is 2.39. The van der Waals surface area contributed by atoms with Crippen LogP contribution in [0.2, 0.25) is 0 Å². The van der Waals surface area contributed by atoms with Gasteiger partial charge in [-0.1, -0.05) is 30.3 Å². The number of benzene rings is 2. The molecule has 0 aliphatic carbocycles. The second-order valence-electron chi connectivity index (χ2n) is 6.37. The van der Waals surface area contributed by atoms with Crippen molar-refractivity contribution < 1.29 is 24.0 Å². The molecular weight excluding hydrogens is 378 g/mol. The van der Waals surface area contributed by atoms with Crippen molar-refractivity contribution in [2.75, 3.05) is 38.7 Å². The number of nitrogens with zero attached hydrogens (tertiary/aromatic N) is 2. The summed E-state index contributed by atoms with van der Waals surface area (Å²) in [4.78, 5) is 38.0. The summed E-state index contributed by atoms with van der Waals surface area (Å²) in [5, 5.41) is 13.9. The first kappa shape index (κ1) is 20.3. The van der Waals surface area contributed by atoms with Crippen molar-refractivity contribution in [3.63, 3.8) is 0 Å². The number of nitro groups is 1. The van der Waals surface area contributed by atoms with Crippen LogP contribution in [0.5, 0.6) is 0 Å². The van der Waals surface area contributed by atoms with Gasteiger partial charge in [0, 0.05) is 43.5 Å². The first-order valence-corrected chi connectivity index (χ1v) is 9.10. The van der Waals surface area contributed by atoms with Gasteiger partial charge in [0.05, 0.1) is 23.7 Å². The van der Waals surface area contributed by atoms with Gasteiger partial charge in [0.15, 0.2) is 0 Å². The molecule has 2 aromatic carbocycles. The number of ether oxygens (including phenoxy) is 2. The summed E-state index contributed by atoms with van der Waals surface area (Å²) in [6.45, 7) is 1.63. The third-order valence-corrected chi connectivity index (χ3v) is 4.58. The molecule has 0 spiro atoms. The molecule has 0 bridgehead atoms. The summed E-state index contributed by atoms with van der Waals surface area (Å²) in [6.07, 6.45) is -1.16. The van der Waals surface area contributed by atoms with E-state index in [9.17, 15) is 19.7 Å². The van der Waals surface area contributed by atoms with E-state index in [2.05, 4.69) is 5.32 Å². The van der Waals surface area contributed by atoms with Crippen LogP contribution in [0.3, 0.4) is 0 Å². The Morgan fingerprint density at radius 3 is 2.48 bits per heavy atom. The van der Waals surface area contributed by atoms with Crippen LogP contribution in [-0.4, -0.2) is 55.1 Å². The molecule has 3 rings (SSSR count). The summed E-state index contributed by atoms with van der Waals surface area (Å²) >= 11 is 0. The van der Waals surface area contributed by atoms with Gasteiger partial charge in [-0.15, -0.1) is 0 Å². The zero-order chi connectivity index (χ0) is 20.8. The largest absolute Gasteiger partial charge is 0.444 e. The van der Waals surface area contributed by atoms with Crippen molar-refractivity contribution >= 4 is 23.3 Å². The average molecular weight is 399 g/mol. The number of hydrogen-bond donors (Lipinski definition) is 1. The summed E-state index contributed by atoms with van der Waals surface area (Å²) < 4.78 is 10.9. The van der Waals surface area contributed by atoms with E-state index in [0.29, 0.717) is 37.6 Å². The first-order chi connectivity index (χ1) is 14.0. The van der Waals surface area contributed by atoms with E-state index >= 15 is 0 Å². The molecule has 29 heavy (non-hydrogen) atoms. The van der Waals surface area contributed by atoms with E-state index < -0.39 is 17.0 Å². The maximum absolute atomic E-state index is 13.1. The van der Waals surface area contributed by atoms with Gasteiger partial charge < -0.3 is 19.7 Å². The van der Waals surface area contributed by atoms with Crippen molar-refractivity contribution in [3.05, 3.63) is 69.8 Å². The van der Waals surface area contributed by atoms with Crippen molar-refractivity contribution in [1.82, 2.24) is 4.90 Å². The SMILES string of the molecule is CNc1ccc([N+](=O)[O-])cc1C(=O)O[C@H](C(=O)N1CCOCC1)c1ccccc1. The summed E-state index contributed by atoms with van der Waals surface area (Å²) in [6, 6.07) is 12.5. The van der Waals surface area contributed by atoms with Gasteiger partial charge in [-0.3, -0.25) is 14.9 Å². The fourth-order valence-electron chi connectivity index (χ4n) is 3.04. The lowest BCUT2D eigenvalue weighted by molar-refractivity contribution is -0.384. The molecule has 2 aromatic rings.